The van der Waals surface area contributed by atoms with Crippen LogP contribution in [0.5, 0.6) is 0 Å². The van der Waals surface area contributed by atoms with Gasteiger partial charge in [0.15, 0.2) is 0 Å². The first kappa shape index (κ1) is 21.9. The number of urea groups is 1. The van der Waals surface area contributed by atoms with Gasteiger partial charge in [-0.1, -0.05) is 17.4 Å². The molecule has 7 nitrogen and oxygen atoms in total. The molecule has 0 spiro atoms. The Kier molecular flexibility index (Phi) is 5.22. The quantitative estimate of drug-likeness (QED) is 0.602. The van der Waals surface area contributed by atoms with Crippen molar-refractivity contribution in [2.24, 2.45) is 5.73 Å². The lowest BCUT2D eigenvalue weighted by atomic mass is 10.1. The van der Waals surface area contributed by atoms with Gasteiger partial charge < -0.3 is 15.7 Å². The molecular weight excluding hydrogens is 451 g/mol. The number of fused-ring (bicyclic) bond motifs is 1. The number of aromatic nitrogens is 3. The predicted molar refractivity (Wildman–Crippen MR) is 112 cm³/mol. The molecule has 1 aromatic carbocycles. The third-order valence-electron chi connectivity index (χ3n) is 4.92. The number of aliphatic hydroxyl groups is 1. The molecule has 3 heterocycles. The fraction of sp³-hybridized carbons (Fsp3) is 0.421. The SMILES string of the molecule is Cc1nc2sc(C(C)(C)O)nn2c1-c1ccc(C(F)(F)F)c(SC2CN(C(N)=O)C2)c1. The molecule has 2 aromatic heterocycles. The first-order valence-electron chi connectivity index (χ1n) is 9.36. The number of carbonyl (C=O) groups is 1. The van der Waals surface area contributed by atoms with Crippen LogP contribution in [-0.2, 0) is 11.8 Å². The van der Waals surface area contributed by atoms with E-state index in [0.29, 0.717) is 40.0 Å². The van der Waals surface area contributed by atoms with Crippen LogP contribution < -0.4 is 5.73 Å². The smallest absolute Gasteiger partial charge is 0.383 e. The number of alkyl halides is 3. The third kappa shape index (κ3) is 4.11. The molecule has 0 bridgehead atoms. The molecule has 4 rings (SSSR count). The van der Waals surface area contributed by atoms with Crippen molar-refractivity contribution in [1.29, 1.82) is 0 Å². The summed E-state index contributed by atoms with van der Waals surface area (Å²) in [6, 6.07) is 3.37. The summed E-state index contributed by atoms with van der Waals surface area (Å²) in [5.41, 5.74) is 5.06. The molecule has 1 aliphatic heterocycles. The van der Waals surface area contributed by atoms with Crippen molar-refractivity contribution in [3.8, 4) is 11.3 Å². The number of benzene rings is 1. The molecule has 0 aliphatic carbocycles. The van der Waals surface area contributed by atoms with Crippen LogP contribution in [-0.4, -0.2) is 49.0 Å². The number of hydrogen-bond donors (Lipinski definition) is 2. The predicted octanol–water partition coefficient (Wildman–Crippen LogP) is 3.87. The van der Waals surface area contributed by atoms with E-state index in [-0.39, 0.29) is 10.1 Å². The average molecular weight is 472 g/mol. The molecule has 3 aromatic rings. The van der Waals surface area contributed by atoms with E-state index in [1.165, 1.54) is 28.4 Å². The molecule has 3 N–H and O–H groups in total. The molecule has 166 valence electrons. The van der Waals surface area contributed by atoms with Crippen molar-refractivity contribution in [3.63, 3.8) is 0 Å². The maximum Gasteiger partial charge on any atom is 0.417 e. The number of likely N-dealkylation sites (tertiary alicyclic amines) is 1. The summed E-state index contributed by atoms with van der Waals surface area (Å²) < 4.78 is 42.4. The molecule has 0 saturated carbocycles. The fourth-order valence-electron chi connectivity index (χ4n) is 3.30. The molecule has 0 unspecified atom stereocenters. The standard InChI is InChI=1S/C19H20F3N5O2S2/c1-9-14(27-17(24-9)31-15(25-27)18(2,3)29)10-4-5-12(19(20,21)22)13(6-10)30-11-7-26(8-11)16(23)28/h4-6,11,29H,7-8H2,1-3H3,(H2,23,28). The van der Waals surface area contributed by atoms with Gasteiger partial charge in [0.1, 0.15) is 10.6 Å². The highest BCUT2D eigenvalue weighted by Gasteiger charge is 2.37. The zero-order chi connectivity index (χ0) is 22.7. The second kappa shape index (κ2) is 7.38. The Morgan fingerprint density at radius 2 is 2.00 bits per heavy atom. The van der Waals surface area contributed by atoms with Crippen LogP contribution in [0.4, 0.5) is 18.0 Å². The van der Waals surface area contributed by atoms with Crippen LogP contribution in [0, 0.1) is 6.92 Å². The Labute approximate surface area is 184 Å². The van der Waals surface area contributed by atoms with Gasteiger partial charge in [-0.05, 0) is 32.9 Å². The first-order chi connectivity index (χ1) is 14.3. The number of hydrogen-bond acceptors (Lipinski definition) is 6. The number of halogens is 3. The number of amides is 2. The molecular formula is C19H20F3N5O2S2. The summed E-state index contributed by atoms with van der Waals surface area (Å²) in [4.78, 5) is 17.6. The second-order valence-corrected chi connectivity index (χ2v) is 10.2. The van der Waals surface area contributed by atoms with Crippen LogP contribution in [0.3, 0.4) is 0 Å². The van der Waals surface area contributed by atoms with Gasteiger partial charge in [0, 0.05) is 28.8 Å². The summed E-state index contributed by atoms with van der Waals surface area (Å²) in [5, 5.41) is 15.0. The average Bonchev–Trinajstić information content (AvgIpc) is 3.12. The number of imidazole rings is 1. The van der Waals surface area contributed by atoms with Gasteiger partial charge in [0.05, 0.1) is 17.0 Å². The van der Waals surface area contributed by atoms with Gasteiger partial charge in [-0.15, -0.1) is 11.8 Å². The zero-order valence-electron chi connectivity index (χ0n) is 16.9. The number of primary amides is 1. The van der Waals surface area contributed by atoms with Crippen LogP contribution in [0.1, 0.15) is 30.1 Å². The molecule has 1 fully saturated rings. The minimum atomic E-state index is -4.51. The van der Waals surface area contributed by atoms with E-state index >= 15 is 0 Å². The lowest BCUT2D eigenvalue weighted by Gasteiger charge is -2.37. The van der Waals surface area contributed by atoms with Crippen LogP contribution in [0.2, 0.25) is 0 Å². The molecule has 0 radical (unpaired) electrons. The maximum absolute atomic E-state index is 13.6. The first-order valence-corrected chi connectivity index (χ1v) is 11.1. The largest absolute Gasteiger partial charge is 0.417 e. The summed E-state index contributed by atoms with van der Waals surface area (Å²) >= 11 is 2.31. The molecule has 1 saturated heterocycles. The van der Waals surface area contributed by atoms with Crippen molar-refractivity contribution < 1.29 is 23.1 Å². The van der Waals surface area contributed by atoms with E-state index in [1.807, 2.05) is 0 Å². The number of nitrogens with two attached hydrogens (primary N) is 1. The van der Waals surface area contributed by atoms with Gasteiger partial charge in [-0.3, -0.25) is 0 Å². The van der Waals surface area contributed by atoms with E-state index in [1.54, 1.807) is 25.3 Å². The van der Waals surface area contributed by atoms with Gasteiger partial charge in [-0.25, -0.2) is 14.3 Å². The highest BCUT2D eigenvalue weighted by molar-refractivity contribution is 8.00. The van der Waals surface area contributed by atoms with E-state index in [0.717, 1.165) is 17.8 Å². The third-order valence-corrected chi connectivity index (χ3v) is 7.36. The minimum Gasteiger partial charge on any atom is -0.383 e. The number of rotatable bonds is 4. The van der Waals surface area contributed by atoms with Crippen molar-refractivity contribution in [2.45, 2.75) is 42.7 Å². The molecule has 31 heavy (non-hydrogen) atoms. The lowest BCUT2D eigenvalue weighted by Crippen LogP contribution is -2.54. The van der Waals surface area contributed by atoms with Crippen molar-refractivity contribution >= 4 is 34.1 Å². The highest BCUT2D eigenvalue weighted by Crippen LogP contribution is 2.42. The maximum atomic E-state index is 13.6. The normalized spacial score (nSPS) is 15.5. The van der Waals surface area contributed by atoms with Gasteiger partial charge >= 0.3 is 12.2 Å². The zero-order valence-corrected chi connectivity index (χ0v) is 18.5. The Morgan fingerprint density at radius 1 is 1.32 bits per heavy atom. The number of thioether (sulfide) groups is 1. The Bertz CT molecular complexity index is 1160. The van der Waals surface area contributed by atoms with Crippen molar-refractivity contribution in [3.05, 3.63) is 34.5 Å². The summed E-state index contributed by atoms with van der Waals surface area (Å²) in [7, 11) is 0. The number of aryl methyl sites for hydroxylation is 1. The molecule has 1 aliphatic rings. The van der Waals surface area contributed by atoms with Gasteiger partial charge in [0.25, 0.3) is 0 Å². The fourth-order valence-corrected chi connectivity index (χ4v) is 5.62. The van der Waals surface area contributed by atoms with Crippen molar-refractivity contribution in [1.82, 2.24) is 19.5 Å². The van der Waals surface area contributed by atoms with Gasteiger partial charge in [-0.2, -0.15) is 18.3 Å². The van der Waals surface area contributed by atoms with E-state index in [2.05, 4.69) is 10.1 Å². The monoisotopic (exact) mass is 471 g/mol. The van der Waals surface area contributed by atoms with Crippen molar-refractivity contribution in [2.75, 3.05) is 13.1 Å². The molecule has 0 atom stereocenters. The van der Waals surface area contributed by atoms with E-state index in [4.69, 9.17) is 5.73 Å². The molecule has 12 heteroatoms. The van der Waals surface area contributed by atoms with Crippen LogP contribution in [0.15, 0.2) is 23.1 Å². The summed E-state index contributed by atoms with van der Waals surface area (Å²) in [6.45, 7) is 5.59. The van der Waals surface area contributed by atoms with Crippen LogP contribution in [0.25, 0.3) is 16.2 Å². The van der Waals surface area contributed by atoms with E-state index < -0.39 is 23.4 Å². The second-order valence-electron chi connectivity index (χ2n) is 7.90. The Morgan fingerprint density at radius 3 is 2.58 bits per heavy atom. The highest BCUT2D eigenvalue weighted by atomic mass is 32.2. The van der Waals surface area contributed by atoms with E-state index in [9.17, 15) is 23.1 Å². The van der Waals surface area contributed by atoms with Gasteiger partial charge in [0.2, 0.25) is 4.96 Å². The topological polar surface area (TPSA) is 96.8 Å². The molecule has 2 amide bonds. The summed E-state index contributed by atoms with van der Waals surface area (Å²) in [5.74, 6) is 0. The summed E-state index contributed by atoms with van der Waals surface area (Å²) in [6.07, 6.45) is -4.51. The lowest BCUT2D eigenvalue weighted by molar-refractivity contribution is -0.139. The Hall–Kier alpha value is -2.31. The number of carbonyl (C=O) groups excluding carboxylic acids is 1. The minimum absolute atomic E-state index is 0.0754. The van der Waals surface area contributed by atoms with Crippen LogP contribution >= 0.6 is 23.1 Å². The Balaban J connectivity index is 1.75. The number of nitrogens with zero attached hydrogens (tertiary/aromatic N) is 4.